The zero-order chi connectivity index (χ0) is 25.8. The van der Waals surface area contributed by atoms with Crippen LogP contribution in [0.4, 0.5) is 5.69 Å². The van der Waals surface area contributed by atoms with E-state index in [0.717, 1.165) is 24.2 Å². The number of hydrogen-bond donors (Lipinski definition) is 2. The van der Waals surface area contributed by atoms with Crippen LogP contribution in [-0.4, -0.2) is 17.5 Å². The molecule has 9 heteroatoms. The average Bonchev–Trinajstić information content (AvgIpc) is 3.67. The number of carbonyl (C=O) groups excluding carboxylic acids is 2. The summed E-state index contributed by atoms with van der Waals surface area (Å²) in [6.45, 7) is 2.00. The van der Waals surface area contributed by atoms with Gasteiger partial charge in [0.15, 0.2) is 16.2 Å². The maximum Gasteiger partial charge on any atom is 0.307 e. The Balaban J connectivity index is 1.13. The van der Waals surface area contributed by atoms with Crippen LogP contribution in [0.1, 0.15) is 56.9 Å². The van der Waals surface area contributed by atoms with Crippen LogP contribution in [0.2, 0.25) is 0 Å². The molecule has 0 aliphatic heterocycles. The van der Waals surface area contributed by atoms with E-state index in [9.17, 15) is 9.59 Å². The van der Waals surface area contributed by atoms with Crippen molar-refractivity contribution in [1.82, 2.24) is 5.43 Å². The van der Waals surface area contributed by atoms with E-state index in [4.69, 9.17) is 13.6 Å². The van der Waals surface area contributed by atoms with Gasteiger partial charge in [0.05, 0.1) is 5.71 Å². The Kier molecular flexibility index (Phi) is 7.23. The number of benzene rings is 2. The zero-order valence-corrected chi connectivity index (χ0v) is 21.6. The van der Waals surface area contributed by atoms with Crippen molar-refractivity contribution in [3.8, 4) is 5.75 Å². The fourth-order valence-corrected chi connectivity index (χ4v) is 4.35. The van der Waals surface area contributed by atoms with E-state index in [2.05, 4.69) is 43.9 Å². The number of amides is 2. The number of fused-ring (bicyclic) bond motifs is 1. The van der Waals surface area contributed by atoms with Crippen molar-refractivity contribution in [2.24, 2.45) is 5.10 Å². The number of hydrazone groups is 1. The molecule has 2 heterocycles. The molecule has 0 saturated heterocycles. The summed E-state index contributed by atoms with van der Waals surface area (Å²) in [6, 6.07) is 19.8. The van der Waals surface area contributed by atoms with Crippen LogP contribution in [0, 0.1) is 0 Å². The maximum absolute atomic E-state index is 12.5. The number of carbonyl (C=O) groups is 2. The van der Waals surface area contributed by atoms with Crippen molar-refractivity contribution in [2.75, 3.05) is 5.32 Å². The summed E-state index contributed by atoms with van der Waals surface area (Å²) in [6.07, 6.45) is 3.40. The second-order valence-corrected chi connectivity index (χ2v) is 9.39. The number of aryl methyl sites for hydroxylation is 2. The molecule has 1 aliphatic rings. The number of anilines is 1. The Morgan fingerprint density at radius 2 is 1.68 bits per heavy atom. The number of nitrogens with zero attached hydrogens (tertiary/aromatic N) is 1. The molecule has 0 unspecified atom stereocenters. The van der Waals surface area contributed by atoms with Gasteiger partial charge in [-0.25, -0.2) is 5.43 Å². The number of halogens is 1. The van der Waals surface area contributed by atoms with Crippen LogP contribution >= 0.6 is 15.9 Å². The lowest BCUT2D eigenvalue weighted by atomic mass is 10.1. The predicted molar refractivity (Wildman–Crippen MR) is 142 cm³/mol. The fraction of sp³-hybridized carbons (Fsp3) is 0.179. The minimum absolute atomic E-state index is 0.145. The van der Waals surface area contributed by atoms with Gasteiger partial charge in [0.1, 0.15) is 18.1 Å². The smallest absolute Gasteiger partial charge is 0.307 e. The lowest BCUT2D eigenvalue weighted by Gasteiger charge is -2.07. The van der Waals surface area contributed by atoms with Gasteiger partial charge in [0, 0.05) is 5.69 Å². The number of rotatable bonds is 8. The summed E-state index contributed by atoms with van der Waals surface area (Å²) in [5.41, 5.74) is 7.21. The lowest BCUT2D eigenvalue weighted by Crippen LogP contribution is -2.18. The first kappa shape index (κ1) is 24.6. The highest BCUT2D eigenvalue weighted by Gasteiger charge is 2.14. The molecule has 0 radical (unpaired) electrons. The van der Waals surface area contributed by atoms with Gasteiger partial charge >= 0.3 is 5.91 Å². The van der Waals surface area contributed by atoms with E-state index in [1.807, 2.05) is 6.07 Å². The lowest BCUT2D eigenvalue weighted by molar-refractivity contribution is 0.0922. The number of hydrogen-bond acceptors (Lipinski definition) is 6. The molecule has 0 spiro atoms. The van der Waals surface area contributed by atoms with E-state index in [1.54, 1.807) is 55.5 Å². The minimum Gasteiger partial charge on any atom is -0.486 e. The molecule has 37 heavy (non-hydrogen) atoms. The van der Waals surface area contributed by atoms with Crippen LogP contribution in [0.15, 0.2) is 85.3 Å². The third-order valence-electron chi connectivity index (χ3n) is 6.02. The second kappa shape index (κ2) is 10.9. The second-order valence-electron chi connectivity index (χ2n) is 8.61. The summed E-state index contributed by atoms with van der Waals surface area (Å²) >= 11 is 3.17. The molecule has 2 amide bonds. The van der Waals surface area contributed by atoms with E-state index in [1.165, 1.54) is 17.5 Å². The van der Waals surface area contributed by atoms with Gasteiger partial charge in [-0.2, -0.15) is 5.10 Å². The highest BCUT2D eigenvalue weighted by atomic mass is 79.9. The average molecular weight is 562 g/mol. The molecule has 4 aromatic rings. The van der Waals surface area contributed by atoms with Gasteiger partial charge in [0.2, 0.25) is 0 Å². The highest BCUT2D eigenvalue weighted by molar-refractivity contribution is 9.10. The Morgan fingerprint density at radius 1 is 0.919 bits per heavy atom. The molecule has 188 valence electrons. The fourth-order valence-electron chi connectivity index (χ4n) is 4.05. The van der Waals surface area contributed by atoms with Gasteiger partial charge in [-0.05, 0) is 107 Å². The third-order valence-corrected chi connectivity index (χ3v) is 6.45. The molecule has 5 rings (SSSR count). The van der Waals surface area contributed by atoms with Crippen molar-refractivity contribution >= 4 is 39.1 Å². The minimum atomic E-state index is -0.461. The monoisotopic (exact) mass is 561 g/mol. The molecule has 8 nitrogen and oxygen atoms in total. The maximum atomic E-state index is 12.5. The predicted octanol–water partition coefficient (Wildman–Crippen LogP) is 6.11. The van der Waals surface area contributed by atoms with Crippen LogP contribution < -0.4 is 15.5 Å². The molecule has 2 N–H and O–H groups in total. The van der Waals surface area contributed by atoms with Crippen LogP contribution in [-0.2, 0) is 19.4 Å². The molecule has 2 aromatic heterocycles. The van der Waals surface area contributed by atoms with Crippen LogP contribution in [0.5, 0.6) is 5.75 Å². The first-order valence-electron chi connectivity index (χ1n) is 11.8. The summed E-state index contributed by atoms with van der Waals surface area (Å²) in [4.78, 5) is 24.7. The normalized spacial score (nSPS) is 12.8. The molecule has 0 bridgehead atoms. The van der Waals surface area contributed by atoms with Gasteiger partial charge in [0.25, 0.3) is 5.91 Å². The highest BCUT2D eigenvalue weighted by Crippen LogP contribution is 2.26. The Morgan fingerprint density at radius 3 is 2.46 bits per heavy atom. The van der Waals surface area contributed by atoms with Crippen molar-refractivity contribution in [2.45, 2.75) is 32.8 Å². The summed E-state index contributed by atoms with van der Waals surface area (Å²) < 4.78 is 17.2. The topological polar surface area (TPSA) is 106 Å². The van der Waals surface area contributed by atoms with Gasteiger partial charge in [-0.15, -0.1) is 0 Å². The van der Waals surface area contributed by atoms with Crippen LogP contribution in [0.3, 0.4) is 0 Å². The standard InChI is InChI=1S/C28H24BrN3O5/c1-17(18-5-8-21(9-6-18)30-27(33)24-13-14-26(29)37-24)31-32-28(34)25-12-11-23(36-25)16-35-22-10-7-19-3-2-4-20(19)15-22/h5-15H,2-4,16H2,1H3,(H,30,33)(H,32,34)/b31-17+. The molecular weight excluding hydrogens is 538 g/mol. The van der Waals surface area contributed by atoms with Crippen molar-refractivity contribution in [3.05, 3.63) is 105 Å². The molecule has 2 aromatic carbocycles. The van der Waals surface area contributed by atoms with E-state index in [0.29, 0.717) is 21.8 Å². The Bertz CT molecular complexity index is 1470. The Labute approximate surface area is 221 Å². The zero-order valence-electron chi connectivity index (χ0n) is 20.0. The van der Waals surface area contributed by atoms with Crippen molar-refractivity contribution in [1.29, 1.82) is 0 Å². The summed E-state index contributed by atoms with van der Waals surface area (Å²) in [5, 5.41) is 6.92. The van der Waals surface area contributed by atoms with E-state index < -0.39 is 5.91 Å². The largest absolute Gasteiger partial charge is 0.486 e. The first-order valence-corrected chi connectivity index (χ1v) is 12.6. The van der Waals surface area contributed by atoms with E-state index in [-0.39, 0.29) is 24.0 Å². The van der Waals surface area contributed by atoms with Crippen molar-refractivity contribution in [3.63, 3.8) is 0 Å². The number of furan rings is 2. The van der Waals surface area contributed by atoms with E-state index >= 15 is 0 Å². The number of ether oxygens (including phenoxy) is 1. The molecule has 0 fully saturated rings. The summed E-state index contributed by atoms with van der Waals surface area (Å²) in [5.74, 6) is 0.871. The van der Waals surface area contributed by atoms with Crippen LogP contribution in [0.25, 0.3) is 0 Å². The SMILES string of the molecule is C/C(=N\NC(=O)c1ccc(COc2ccc3c(c2)CCC3)o1)c1ccc(NC(=O)c2ccc(Br)o2)cc1. The molecular formula is C28H24BrN3O5. The van der Waals surface area contributed by atoms with Gasteiger partial charge in [-0.1, -0.05) is 18.2 Å². The summed E-state index contributed by atoms with van der Waals surface area (Å²) in [7, 11) is 0. The number of nitrogens with one attached hydrogen (secondary N) is 2. The van der Waals surface area contributed by atoms with Crippen molar-refractivity contribution < 1.29 is 23.2 Å². The molecule has 0 saturated carbocycles. The quantitative estimate of drug-likeness (QED) is 0.199. The van der Waals surface area contributed by atoms with Gasteiger partial charge < -0.3 is 18.9 Å². The third kappa shape index (κ3) is 6.00. The Hall–Kier alpha value is -4.11. The molecule has 1 aliphatic carbocycles. The molecule has 0 atom stereocenters. The first-order chi connectivity index (χ1) is 17.9. The van der Waals surface area contributed by atoms with Gasteiger partial charge in [-0.3, -0.25) is 9.59 Å².